The minimum Gasteiger partial charge on any atom is -0.205 e. The Morgan fingerprint density at radius 3 is 1.19 bits per heavy atom. The first kappa shape index (κ1) is 30.6. The number of halogens is 18. The molecule has 0 saturated carbocycles. The molecule has 0 aliphatic heterocycles. The molecule has 0 aliphatic carbocycles. The van der Waals surface area contributed by atoms with Gasteiger partial charge in [0.05, 0.1) is 0 Å². The number of rotatable bonds is 9. The van der Waals surface area contributed by atoms with Gasteiger partial charge in [-0.2, -0.15) is 74.6 Å². The van der Waals surface area contributed by atoms with E-state index in [1.54, 1.807) is 0 Å². The van der Waals surface area contributed by atoms with Crippen molar-refractivity contribution < 1.29 is 92.5 Å². The van der Waals surface area contributed by atoms with E-state index >= 15 is 0 Å². The smallest absolute Gasteiger partial charge is 0.205 e. The first-order chi connectivity index (χ1) is 13.5. The van der Waals surface area contributed by atoms with Crippen molar-refractivity contribution in [3.8, 4) is 0 Å². The van der Waals surface area contributed by atoms with Crippen molar-refractivity contribution in [2.24, 2.45) is 0 Å². The number of likely N-dealkylation sites (N-methyl/N-ethyl adjacent to an activating group) is 1. The highest BCUT2D eigenvalue weighted by molar-refractivity contribution is 7.90. The number of sulfonamides is 1. The largest absolute Gasteiger partial charge is 0.465 e. The highest BCUT2D eigenvalue weighted by Crippen LogP contribution is 2.61. The van der Waals surface area contributed by atoms with Gasteiger partial charge in [-0.1, -0.05) is 0 Å². The standard InChI is InChI=1S/C9H3F18NO3S/c1-28(7(21,22)8(23,24)31-27)32(29,30)9(25,26)5(16,17)3(12,13)2(10,11)4(14,15)6(18,19)20/h1H3. The van der Waals surface area contributed by atoms with Gasteiger partial charge in [-0.15, -0.1) is 9.25 Å². The van der Waals surface area contributed by atoms with Crippen molar-refractivity contribution in [2.75, 3.05) is 7.05 Å². The van der Waals surface area contributed by atoms with E-state index in [1.165, 1.54) is 4.94 Å². The van der Waals surface area contributed by atoms with Gasteiger partial charge in [-0.25, -0.2) is 8.42 Å². The van der Waals surface area contributed by atoms with Crippen LogP contribution in [0.15, 0.2) is 0 Å². The fourth-order valence-electron chi connectivity index (χ4n) is 1.47. The van der Waals surface area contributed by atoms with E-state index in [2.05, 4.69) is 0 Å². The Kier molecular flexibility index (Phi) is 7.23. The van der Waals surface area contributed by atoms with Crippen LogP contribution in [0.4, 0.5) is 79.2 Å². The monoisotopic (exact) mass is 547 g/mol. The highest BCUT2D eigenvalue weighted by Gasteiger charge is 2.93. The molecule has 32 heavy (non-hydrogen) atoms. The third-order valence-electron chi connectivity index (χ3n) is 3.43. The molecule has 0 amide bonds. The molecular formula is C9H3F18NO3S. The molecule has 0 atom stereocenters. The van der Waals surface area contributed by atoms with E-state index in [0.717, 1.165) is 0 Å². The van der Waals surface area contributed by atoms with E-state index < -0.39 is 68.7 Å². The maximum atomic E-state index is 13.5. The van der Waals surface area contributed by atoms with Crippen LogP contribution in [0.5, 0.6) is 0 Å². The second kappa shape index (κ2) is 7.56. The van der Waals surface area contributed by atoms with Crippen LogP contribution in [0.3, 0.4) is 0 Å². The average Bonchev–Trinajstić information content (AvgIpc) is 2.58. The van der Waals surface area contributed by atoms with Crippen molar-refractivity contribution >= 4 is 10.0 Å². The van der Waals surface area contributed by atoms with E-state index in [-0.39, 0.29) is 0 Å². The van der Waals surface area contributed by atoms with E-state index in [4.69, 9.17) is 0 Å². The molecule has 0 aromatic heterocycles. The van der Waals surface area contributed by atoms with Crippen LogP contribution in [0, 0.1) is 0 Å². The Morgan fingerprint density at radius 2 is 0.906 bits per heavy atom. The molecule has 4 nitrogen and oxygen atoms in total. The van der Waals surface area contributed by atoms with Gasteiger partial charge in [0.25, 0.3) is 10.0 Å². The molecule has 23 heteroatoms. The molecule has 0 spiro atoms. The van der Waals surface area contributed by atoms with Crippen molar-refractivity contribution in [2.45, 2.75) is 47.3 Å². The quantitative estimate of drug-likeness (QED) is 0.301. The Hall–Kier alpha value is -1.39. The van der Waals surface area contributed by atoms with Crippen LogP contribution in [0.1, 0.15) is 0 Å². The zero-order valence-corrected chi connectivity index (χ0v) is 14.7. The fraction of sp³-hybridized carbons (Fsp3) is 1.00. The van der Waals surface area contributed by atoms with E-state index in [0.29, 0.717) is 0 Å². The molecule has 0 unspecified atom stereocenters. The number of hydrogen-bond donors (Lipinski definition) is 0. The Labute approximate surface area is 162 Å². The highest BCUT2D eigenvalue weighted by atomic mass is 32.2. The lowest BCUT2D eigenvalue weighted by atomic mass is 9.98. The van der Waals surface area contributed by atoms with Gasteiger partial charge in [0.15, 0.2) is 0 Å². The molecule has 0 fully saturated rings. The van der Waals surface area contributed by atoms with Gasteiger partial charge in [0, 0.05) is 7.05 Å². The van der Waals surface area contributed by atoms with Crippen LogP contribution in [0.25, 0.3) is 0 Å². The molecule has 0 aromatic carbocycles. The fourth-order valence-corrected chi connectivity index (χ4v) is 2.67. The molecule has 0 radical (unpaired) electrons. The van der Waals surface area contributed by atoms with Gasteiger partial charge < -0.3 is 0 Å². The first-order valence-electron chi connectivity index (χ1n) is 6.46. The molecule has 0 bridgehead atoms. The summed E-state index contributed by atoms with van der Waals surface area (Å²) >= 11 is 0. The third-order valence-corrected chi connectivity index (χ3v) is 5.29. The Morgan fingerprint density at radius 1 is 0.594 bits per heavy atom. The number of nitrogens with zero attached hydrogens (tertiary/aromatic N) is 1. The minimum atomic E-state index is -8.72. The van der Waals surface area contributed by atoms with E-state index in [9.17, 15) is 87.6 Å². The van der Waals surface area contributed by atoms with Gasteiger partial charge in [-0.3, -0.25) is 0 Å². The van der Waals surface area contributed by atoms with Crippen molar-refractivity contribution in [1.82, 2.24) is 4.31 Å². The second-order valence-electron chi connectivity index (χ2n) is 5.42. The van der Waals surface area contributed by atoms with Crippen LogP contribution >= 0.6 is 0 Å². The lowest BCUT2D eigenvalue weighted by Crippen LogP contribution is -2.72. The summed E-state index contributed by atoms with van der Waals surface area (Å²) < 4.78 is 249. The van der Waals surface area contributed by atoms with Crippen LogP contribution in [0.2, 0.25) is 0 Å². The van der Waals surface area contributed by atoms with Crippen LogP contribution in [-0.2, 0) is 15.0 Å². The predicted molar refractivity (Wildman–Crippen MR) is 59.6 cm³/mol. The van der Waals surface area contributed by atoms with Crippen LogP contribution in [-0.4, -0.2) is 67.0 Å². The number of alkyl halides is 17. The van der Waals surface area contributed by atoms with Gasteiger partial charge in [0.2, 0.25) is 0 Å². The summed E-state index contributed by atoms with van der Waals surface area (Å²) in [4.78, 5) is 1.21. The molecule has 0 aromatic rings. The predicted octanol–water partition coefficient (Wildman–Crippen LogP) is 5.03. The summed E-state index contributed by atoms with van der Waals surface area (Å²) in [5, 5.41) is -8.24. The van der Waals surface area contributed by atoms with Crippen molar-refractivity contribution in [3.05, 3.63) is 0 Å². The topological polar surface area (TPSA) is 46.6 Å². The minimum absolute atomic E-state index is 1.21. The zero-order valence-electron chi connectivity index (χ0n) is 13.9. The Balaban J connectivity index is 6.87. The SMILES string of the molecule is CN(C(F)(F)C(F)(F)OF)S(=O)(=O)C(F)(F)C(F)(F)C(F)(F)C(F)(F)C(F)(F)C(F)(F)F. The summed E-state index contributed by atoms with van der Waals surface area (Å²) in [6.07, 6.45) is -14.7. The molecule has 0 N–H and O–H groups in total. The first-order valence-corrected chi connectivity index (χ1v) is 7.90. The lowest BCUT2D eigenvalue weighted by molar-refractivity contribution is -0.443. The summed E-state index contributed by atoms with van der Waals surface area (Å²) in [5.41, 5.74) is 0. The van der Waals surface area contributed by atoms with Crippen molar-refractivity contribution in [3.63, 3.8) is 0 Å². The van der Waals surface area contributed by atoms with Gasteiger partial charge in [0.1, 0.15) is 0 Å². The Bertz CT molecular complexity index is 801. The van der Waals surface area contributed by atoms with Gasteiger partial charge >= 0.3 is 47.3 Å². The van der Waals surface area contributed by atoms with E-state index in [1.807, 2.05) is 0 Å². The summed E-state index contributed by atoms with van der Waals surface area (Å²) in [6, 6.07) is -7.02. The molecule has 194 valence electrons. The van der Waals surface area contributed by atoms with Crippen LogP contribution < -0.4 is 0 Å². The van der Waals surface area contributed by atoms with Crippen molar-refractivity contribution in [1.29, 1.82) is 0 Å². The average molecular weight is 547 g/mol. The van der Waals surface area contributed by atoms with Gasteiger partial charge in [-0.05, 0) is 4.53 Å². The summed E-state index contributed by atoms with van der Waals surface area (Å²) in [5.74, 6) is -34.2. The summed E-state index contributed by atoms with van der Waals surface area (Å²) in [6.45, 7) is 0. The maximum absolute atomic E-state index is 13.5. The third kappa shape index (κ3) is 3.72. The lowest BCUT2D eigenvalue weighted by Gasteiger charge is -2.40. The molecular weight excluding hydrogens is 544 g/mol. The molecule has 0 saturated heterocycles. The maximum Gasteiger partial charge on any atom is 0.465 e. The molecule has 0 aliphatic rings. The molecule has 0 rings (SSSR count). The summed E-state index contributed by atoms with van der Waals surface area (Å²) in [7, 11) is -9.81. The normalized spacial score (nSPS) is 16.6. The number of hydrogen-bond acceptors (Lipinski definition) is 3. The zero-order chi connectivity index (χ0) is 26.8. The second-order valence-corrected chi connectivity index (χ2v) is 7.43. The molecule has 0 heterocycles.